The van der Waals surface area contributed by atoms with Crippen molar-refractivity contribution < 1.29 is 14.6 Å². The van der Waals surface area contributed by atoms with Gasteiger partial charge in [0.25, 0.3) is 0 Å². The highest BCUT2D eigenvalue weighted by Crippen LogP contribution is 2.42. The van der Waals surface area contributed by atoms with Crippen LogP contribution in [-0.2, 0) is 0 Å². The van der Waals surface area contributed by atoms with Gasteiger partial charge in [-0.05, 0) is 52.2 Å². The monoisotopic (exact) mass is 370 g/mol. The number of aliphatic hydroxyl groups excluding tert-OH is 1. The molecule has 0 aliphatic rings. The van der Waals surface area contributed by atoms with Gasteiger partial charge < -0.3 is 14.6 Å². The molecule has 0 aliphatic carbocycles. The molecule has 0 saturated carbocycles. The molecule has 1 N–H and O–H groups in total. The van der Waals surface area contributed by atoms with Crippen molar-refractivity contribution in [2.45, 2.75) is 13.0 Å². The maximum atomic E-state index is 10.7. The first kappa shape index (κ1) is 16.1. The average Bonchev–Trinajstić information content (AvgIpc) is 2.49. The van der Waals surface area contributed by atoms with Gasteiger partial charge in [0.1, 0.15) is 22.1 Å². The maximum Gasteiger partial charge on any atom is 0.142 e. The smallest absolute Gasteiger partial charge is 0.142 e. The molecule has 1 atom stereocenters. The summed E-state index contributed by atoms with van der Waals surface area (Å²) >= 11 is 9.57. The molecule has 0 aromatic heterocycles. The summed E-state index contributed by atoms with van der Waals surface area (Å²) in [5.41, 5.74) is 2.24. The van der Waals surface area contributed by atoms with Gasteiger partial charge in [0, 0.05) is 10.6 Å². The summed E-state index contributed by atoms with van der Waals surface area (Å²) < 4.78 is 11.3. The van der Waals surface area contributed by atoms with E-state index in [9.17, 15) is 5.11 Å². The second-order valence-electron chi connectivity index (χ2n) is 4.56. The number of hydrogen-bond acceptors (Lipinski definition) is 3. The van der Waals surface area contributed by atoms with Crippen molar-refractivity contribution in [1.29, 1.82) is 0 Å². The first-order chi connectivity index (χ1) is 10.0. The molecule has 112 valence electrons. The van der Waals surface area contributed by atoms with Gasteiger partial charge >= 0.3 is 0 Å². The van der Waals surface area contributed by atoms with Crippen LogP contribution in [0, 0.1) is 6.92 Å². The molecule has 2 rings (SSSR count). The molecular weight excluding hydrogens is 356 g/mol. The van der Waals surface area contributed by atoms with Crippen LogP contribution < -0.4 is 9.47 Å². The highest BCUT2D eigenvalue weighted by molar-refractivity contribution is 9.10. The van der Waals surface area contributed by atoms with E-state index in [0.29, 0.717) is 26.6 Å². The molecule has 0 aliphatic heterocycles. The molecule has 0 fully saturated rings. The Hall–Kier alpha value is -1.23. The van der Waals surface area contributed by atoms with Gasteiger partial charge in [0.2, 0.25) is 0 Å². The average molecular weight is 372 g/mol. The van der Waals surface area contributed by atoms with Crippen LogP contribution in [0.4, 0.5) is 0 Å². The summed E-state index contributed by atoms with van der Waals surface area (Å²) in [5, 5.41) is 11.3. The first-order valence-corrected chi connectivity index (χ1v) is 7.51. The molecule has 0 heterocycles. The van der Waals surface area contributed by atoms with Crippen molar-refractivity contribution in [1.82, 2.24) is 0 Å². The van der Waals surface area contributed by atoms with Crippen molar-refractivity contribution >= 4 is 27.5 Å². The third kappa shape index (κ3) is 3.03. The lowest BCUT2D eigenvalue weighted by molar-refractivity contribution is 0.213. The fourth-order valence-corrected chi connectivity index (χ4v) is 3.09. The van der Waals surface area contributed by atoms with Crippen molar-refractivity contribution in [2.75, 3.05) is 14.2 Å². The van der Waals surface area contributed by atoms with E-state index in [2.05, 4.69) is 15.9 Å². The number of ether oxygens (including phenoxy) is 2. The van der Waals surface area contributed by atoms with E-state index < -0.39 is 6.10 Å². The Bertz CT molecular complexity index is 658. The topological polar surface area (TPSA) is 38.7 Å². The highest BCUT2D eigenvalue weighted by Gasteiger charge is 2.21. The SMILES string of the molecule is COc1ccc(C(O)c2cccc(Cl)c2C)c(OC)c1Br. The summed E-state index contributed by atoms with van der Waals surface area (Å²) in [6, 6.07) is 9.04. The Morgan fingerprint density at radius 1 is 1.10 bits per heavy atom. The van der Waals surface area contributed by atoms with Crippen molar-refractivity contribution in [2.24, 2.45) is 0 Å². The summed E-state index contributed by atoms with van der Waals surface area (Å²) in [6.45, 7) is 1.88. The van der Waals surface area contributed by atoms with Crippen LogP contribution in [0.25, 0.3) is 0 Å². The standard InChI is InChI=1S/C16H16BrClO3/c1-9-10(5-4-6-12(9)18)15(19)11-7-8-13(20-2)14(17)16(11)21-3/h4-8,15,19H,1-3H3. The minimum absolute atomic E-state index is 0.543. The van der Waals surface area contributed by atoms with Crippen molar-refractivity contribution in [3.8, 4) is 11.5 Å². The van der Waals surface area contributed by atoms with Crippen LogP contribution in [0.3, 0.4) is 0 Å². The Labute approximate surface area is 137 Å². The minimum Gasteiger partial charge on any atom is -0.495 e. The largest absolute Gasteiger partial charge is 0.495 e. The lowest BCUT2D eigenvalue weighted by Crippen LogP contribution is -2.05. The zero-order valence-corrected chi connectivity index (χ0v) is 14.3. The molecule has 0 bridgehead atoms. The van der Waals surface area contributed by atoms with Gasteiger partial charge in [-0.25, -0.2) is 0 Å². The van der Waals surface area contributed by atoms with Crippen LogP contribution in [0.1, 0.15) is 22.8 Å². The van der Waals surface area contributed by atoms with E-state index in [1.165, 1.54) is 0 Å². The Morgan fingerprint density at radius 2 is 1.81 bits per heavy atom. The Kier molecular flexibility index (Phi) is 5.14. The first-order valence-electron chi connectivity index (χ1n) is 6.34. The second-order valence-corrected chi connectivity index (χ2v) is 5.76. The van der Waals surface area contributed by atoms with Gasteiger partial charge in [0.05, 0.1) is 14.2 Å². The van der Waals surface area contributed by atoms with Crippen molar-refractivity contribution in [3.05, 3.63) is 56.5 Å². The fourth-order valence-electron chi connectivity index (χ4n) is 2.22. The molecule has 1 unspecified atom stereocenters. The third-order valence-corrected chi connectivity index (χ3v) is 4.58. The molecule has 5 heteroatoms. The van der Waals surface area contributed by atoms with Gasteiger partial charge in [-0.1, -0.05) is 23.7 Å². The Balaban J connectivity index is 2.56. The highest BCUT2D eigenvalue weighted by atomic mass is 79.9. The van der Waals surface area contributed by atoms with Crippen molar-refractivity contribution in [3.63, 3.8) is 0 Å². The zero-order valence-electron chi connectivity index (χ0n) is 12.0. The number of hydrogen-bond donors (Lipinski definition) is 1. The van der Waals surface area contributed by atoms with Gasteiger partial charge in [0.15, 0.2) is 0 Å². The van der Waals surface area contributed by atoms with Crippen LogP contribution in [-0.4, -0.2) is 19.3 Å². The normalized spacial score (nSPS) is 12.1. The minimum atomic E-state index is -0.833. The van der Waals surface area contributed by atoms with E-state index in [-0.39, 0.29) is 0 Å². The van der Waals surface area contributed by atoms with Gasteiger partial charge in [-0.2, -0.15) is 0 Å². The molecule has 2 aromatic rings. The third-order valence-electron chi connectivity index (χ3n) is 3.41. The molecule has 0 amide bonds. The predicted octanol–water partition coefficient (Wildman–Crippen LogP) is 4.51. The quantitative estimate of drug-likeness (QED) is 0.859. The van der Waals surface area contributed by atoms with Crippen LogP contribution in [0.5, 0.6) is 11.5 Å². The predicted molar refractivity (Wildman–Crippen MR) is 87.5 cm³/mol. The lowest BCUT2D eigenvalue weighted by Gasteiger charge is -2.19. The molecule has 21 heavy (non-hydrogen) atoms. The van der Waals surface area contributed by atoms with E-state index in [0.717, 1.165) is 11.1 Å². The molecule has 0 saturated heterocycles. The fraction of sp³-hybridized carbons (Fsp3) is 0.250. The zero-order chi connectivity index (χ0) is 15.6. The molecule has 0 spiro atoms. The molecule has 3 nitrogen and oxygen atoms in total. The summed E-state index contributed by atoms with van der Waals surface area (Å²) in [4.78, 5) is 0. The van der Waals surface area contributed by atoms with Crippen LogP contribution in [0.15, 0.2) is 34.8 Å². The number of aliphatic hydroxyl groups is 1. The van der Waals surface area contributed by atoms with Crippen LogP contribution in [0.2, 0.25) is 5.02 Å². The number of methoxy groups -OCH3 is 2. The summed E-state index contributed by atoms with van der Waals surface area (Å²) in [6.07, 6.45) is -0.833. The Morgan fingerprint density at radius 3 is 2.43 bits per heavy atom. The maximum absolute atomic E-state index is 10.7. The van der Waals surface area contributed by atoms with E-state index in [1.807, 2.05) is 19.1 Å². The van der Waals surface area contributed by atoms with Crippen LogP contribution >= 0.6 is 27.5 Å². The molecule has 2 aromatic carbocycles. The van der Waals surface area contributed by atoms with E-state index in [4.69, 9.17) is 21.1 Å². The van der Waals surface area contributed by atoms with E-state index in [1.54, 1.807) is 32.4 Å². The summed E-state index contributed by atoms with van der Waals surface area (Å²) in [7, 11) is 3.14. The van der Waals surface area contributed by atoms with E-state index >= 15 is 0 Å². The lowest BCUT2D eigenvalue weighted by atomic mass is 9.96. The van der Waals surface area contributed by atoms with Gasteiger partial charge in [-0.3, -0.25) is 0 Å². The number of halogens is 2. The molecular formula is C16H16BrClO3. The second kappa shape index (κ2) is 6.69. The number of benzene rings is 2. The summed E-state index contributed by atoms with van der Waals surface area (Å²) in [5.74, 6) is 1.19. The number of rotatable bonds is 4. The van der Waals surface area contributed by atoms with Gasteiger partial charge in [-0.15, -0.1) is 0 Å². The molecule has 0 radical (unpaired) electrons.